The third-order valence-corrected chi connectivity index (χ3v) is 5.98. The average molecular weight is 417 g/mol. The van der Waals surface area contributed by atoms with Crippen molar-refractivity contribution in [2.45, 2.75) is 45.6 Å². The Labute approximate surface area is 182 Å². The second-order valence-corrected chi connectivity index (χ2v) is 8.41. The summed E-state index contributed by atoms with van der Waals surface area (Å²) in [6.45, 7) is 12.8. The molecule has 2 atom stereocenters. The third kappa shape index (κ3) is 7.56. The van der Waals surface area contributed by atoms with Crippen LogP contribution in [0.3, 0.4) is 0 Å². The topological polar surface area (TPSA) is 58.1 Å². The Balaban J connectivity index is 1.45. The maximum absolute atomic E-state index is 6.16. The van der Waals surface area contributed by atoms with E-state index in [9.17, 15) is 0 Å². The van der Waals surface area contributed by atoms with Crippen LogP contribution in [0.1, 0.15) is 49.8 Å². The molecule has 6 nitrogen and oxygen atoms in total. The van der Waals surface area contributed by atoms with Gasteiger partial charge in [-0.3, -0.25) is 9.89 Å². The third-order valence-electron chi connectivity index (χ3n) is 5.98. The molecule has 2 heterocycles. The molecule has 2 aliphatic heterocycles. The van der Waals surface area contributed by atoms with Gasteiger partial charge in [0.05, 0.1) is 19.3 Å². The normalized spacial score (nSPS) is 23.3. The molecular formula is C24H40N4O2. The number of nitrogens with zero attached hydrogens (tertiary/aromatic N) is 2. The van der Waals surface area contributed by atoms with Gasteiger partial charge in [0.15, 0.2) is 5.96 Å². The largest absolute Gasteiger partial charge is 0.379 e. The molecule has 0 aliphatic carbocycles. The lowest BCUT2D eigenvalue weighted by molar-refractivity contribution is -0.0250. The fourth-order valence-corrected chi connectivity index (χ4v) is 4.20. The molecule has 6 heteroatoms. The van der Waals surface area contributed by atoms with Gasteiger partial charge in [-0.25, -0.2) is 0 Å². The van der Waals surface area contributed by atoms with Crippen molar-refractivity contribution in [3.8, 4) is 0 Å². The van der Waals surface area contributed by atoms with Crippen LogP contribution in [-0.4, -0.2) is 69.9 Å². The number of benzene rings is 1. The van der Waals surface area contributed by atoms with Crippen molar-refractivity contribution in [1.29, 1.82) is 0 Å². The van der Waals surface area contributed by atoms with Crippen LogP contribution in [0.4, 0.5) is 0 Å². The van der Waals surface area contributed by atoms with Gasteiger partial charge < -0.3 is 20.1 Å². The molecule has 2 aliphatic rings. The van der Waals surface area contributed by atoms with Crippen molar-refractivity contribution in [3.05, 3.63) is 35.4 Å². The molecule has 1 aromatic rings. The lowest BCUT2D eigenvalue weighted by Crippen LogP contribution is -2.39. The maximum Gasteiger partial charge on any atom is 0.191 e. The predicted molar refractivity (Wildman–Crippen MR) is 123 cm³/mol. The minimum absolute atomic E-state index is 0.152. The number of guanidine groups is 1. The number of aliphatic imine (C=N–C) groups is 1. The van der Waals surface area contributed by atoms with E-state index in [2.05, 4.69) is 53.6 Å². The first kappa shape index (κ1) is 23.0. The Morgan fingerprint density at radius 1 is 1.10 bits per heavy atom. The molecule has 3 rings (SSSR count). The smallest absolute Gasteiger partial charge is 0.191 e. The highest BCUT2D eigenvalue weighted by Gasteiger charge is 2.27. The first-order chi connectivity index (χ1) is 14.8. The molecule has 2 saturated heterocycles. The summed E-state index contributed by atoms with van der Waals surface area (Å²) in [5.41, 5.74) is 2.57. The van der Waals surface area contributed by atoms with Crippen LogP contribution < -0.4 is 10.6 Å². The zero-order valence-corrected chi connectivity index (χ0v) is 18.9. The molecule has 0 saturated carbocycles. The number of morpholine rings is 1. The van der Waals surface area contributed by atoms with Crippen molar-refractivity contribution in [2.75, 3.05) is 59.1 Å². The van der Waals surface area contributed by atoms with E-state index in [1.165, 1.54) is 24.0 Å². The monoisotopic (exact) mass is 416 g/mol. The van der Waals surface area contributed by atoms with Gasteiger partial charge in [-0.15, -0.1) is 0 Å². The van der Waals surface area contributed by atoms with E-state index in [1.54, 1.807) is 0 Å². The number of nitrogens with one attached hydrogen (secondary N) is 2. The van der Waals surface area contributed by atoms with Gasteiger partial charge in [0, 0.05) is 45.2 Å². The minimum atomic E-state index is 0.152. The first-order valence-corrected chi connectivity index (χ1v) is 11.8. The number of hydrogen-bond donors (Lipinski definition) is 2. The SMILES string of the molecule is CCNC(=NCC1CCCOC1c1ccc(C)cc1)NCCCCN1CCOCC1. The highest BCUT2D eigenvalue weighted by Crippen LogP contribution is 2.33. The van der Waals surface area contributed by atoms with Crippen molar-refractivity contribution in [3.63, 3.8) is 0 Å². The Hall–Kier alpha value is -1.63. The second kappa shape index (κ2) is 12.9. The minimum Gasteiger partial charge on any atom is -0.379 e. The highest BCUT2D eigenvalue weighted by molar-refractivity contribution is 5.79. The Bertz CT molecular complexity index is 629. The Kier molecular flexibility index (Phi) is 9.93. The molecule has 0 radical (unpaired) electrons. The summed E-state index contributed by atoms with van der Waals surface area (Å²) >= 11 is 0. The molecule has 1 aromatic carbocycles. The van der Waals surface area contributed by atoms with E-state index >= 15 is 0 Å². The Morgan fingerprint density at radius 3 is 2.67 bits per heavy atom. The first-order valence-electron chi connectivity index (χ1n) is 11.8. The fraction of sp³-hybridized carbons (Fsp3) is 0.708. The Morgan fingerprint density at radius 2 is 1.90 bits per heavy atom. The predicted octanol–water partition coefficient (Wildman–Crippen LogP) is 3.13. The average Bonchev–Trinajstić information content (AvgIpc) is 2.79. The lowest BCUT2D eigenvalue weighted by atomic mass is 9.89. The molecule has 0 aromatic heterocycles. The maximum atomic E-state index is 6.16. The summed E-state index contributed by atoms with van der Waals surface area (Å²) in [6, 6.07) is 8.77. The van der Waals surface area contributed by atoms with Crippen LogP contribution >= 0.6 is 0 Å². The summed E-state index contributed by atoms with van der Waals surface area (Å²) in [6.07, 6.45) is 4.80. The van der Waals surface area contributed by atoms with E-state index in [0.717, 1.165) is 77.9 Å². The van der Waals surface area contributed by atoms with Crippen molar-refractivity contribution < 1.29 is 9.47 Å². The second-order valence-electron chi connectivity index (χ2n) is 8.41. The van der Waals surface area contributed by atoms with Crippen LogP contribution in [-0.2, 0) is 9.47 Å². The van der Waals surface area contributed by atoms with Gasteiger partial charge in [0.1, 0.15) is 0 Å². The summed E-state index contributed by atoms with van der Waals surface area (Å²) in [4.78, 5) is 7.40. The fourth-order valence-electron chi connectivity index (χ4n) is 4.20. The molecule has 168 valence electrons. The summed E-state index contributed by atoms with van der Waals surface area (Å²) in [5, 5.41) is 6.91. The van der Waals surface area contributed by atoms with E-state index in [1.807, 2.05) is 0 Å². The standard InChI is InChI=1S/C24H40N4O2/c1-3-25-24(26-12-4-5-13-28-14-17-29-18-15-28)27-19-22-7-6-16-30-23(22)21-10-8-20(2)9-11-21/h8-11,22-23H,3-7,12-19H2,1-2H3,(H2,25,26,27). The number of hydrogen-bond acceptors (Lipinski definition) is 4. The molecule has 2 N–H and O–H groups in total. The summed E-state index contributed by atoms with van der Waals surface area (Å²) in [5.74, 6) is 1.36. The van der Waals surface area contributed by atoms with Crippen LogP contribution in [0, 0.1) is 12.8 Å². The lowest BCUT2D eigenvalue weighted by Gasteiger charge is -2.31. The zero-order valence-electron chi connectivity index (χ0n) is 18.9. The van der Waals surface area contributed by atoms with E-state index in [0.29, 0.717) is 5.92 Å². The van der Waals surface area contributed by atoms with Crippen LogP contribution in [0.2, 0.25) is 0 Å². The van der Waals surface area contributed by atoms with E-state index in [4.69, 9.17) is 14.5 Å². The molecule has 0 amide bonds. The van der Waals surface area contributed by atoms with Crippen LogP contribution in [0.25, 0.3) is 0 Å². The van der Waals surface area contributed by atoms with Gasteiger partial charge in [-0.2, -0.15) is 0 Å². The van der Waals surface area contributed by atoms with Crippen molar-refractivity contribution in [2.24, 2.45) is 10.9 Å². The quantitative estimate of drug-likeness (QED) is 0.368. The molecule has 2 fully saturated rings. The molecule has 0 bridgehead atoms. The van der Waals surface area contributed by atoms with Crippen molar-refractivity contribution >= 4 is 5.96 Å². The summed E-state index contributed by atoms with van der Waals surface area (Å²) < 4.78 is 11.6. The van der Waals surface area contributed by atoms with Crippen LogP contribution in [0.5, 0.6) is 0 Å². The van der Waals surface area contributed by atoms with E-state index < -0.39 is 0 Å². The van der Waals surface area contributed by atoms with Crippen molar-refractivity contribution in [1.82, 2.24) is 15.5 Å². The number of aryl methyl sites for hydroxylation is 1. The van der Waals surface area contributed by atoms with Gasteiger partial charge in [-0.05, 0) is 51.6 Å². The van der Waals surface area contributed by atoms with Gasteiger partial charge >= 0.3 is 0 Å². The number of ether oxygens (including phenoxy) is 2. The van der Waals surface area contributed by atoms with Gasteiger partial charge in [0.2, 0.25) is 0 Å². The highest BCUT2D eigenvalue weighted by atomic mass is 16.5. The summed E-state index contributed by atoms with van der Waals surface area (Å²) in [7, 11) is 0. The number of unbranched alkanes of at least 4 members (excludes halogenated alkanes) is 1. The molecule has 30 heavy (non-hydrogen) atoms. The van der Waals surface area contributed by atoms with Gasteiger partial charge in [-0.1, -0.05) is 29.8 Å². The molecule has 0 spiro atoms. The molecule has 2 unspecified atom stereocenters. The zero-order chi connectivity index (χ0) is 21.0. The van der Waals surface area contributed by atoms with Gasteiger partial charge in [0.25, 0.3) is 0 Å². The number of rotatable bonds is 9. The van der Waals surface area contributed by atoms with Crippen LogP contribution in [0.15, 0.2) is 29.3 Å². The van der Waals surface area contributed by atoms with E-state index in [-0.39, 0.29) is 6.10 Å². The molecular weight excluding hydrogens is 376 g/mol.